The lowest BCUT2D eigenvalue weighted by Crippen LogP contribution is -2.03. The fourth-order valence-corrected chi connectivity index (χ4v) is 1.62. The first-order valence-electron chi connectivity index (χ1n) is 4.75. The van der Waals surface area contributed by atoms with Crippen molar-refractivity contribution in [3.05, 3.63) is 27.7 Å². The summed E-state index contributed by atoms with van der Waals surface area (Å²) in [6.45, 7) is 0.305. The molecule has 0 saturated carbocycles. The predicted molar refractivity (Wildman–Crippen MR) is 68.6 cm³/mol. The summed E-state index contributed by atoms with van der Waals surface area (Å²) in [4.78, 5) is 11.4. The van der Waals surface area contributed by atoms with Crippen LogP contribution in [0.15, 0.2) is 16.6 Å². The third-order valence-corrected chi connectivity index (χ3v) is 2.65. The summed E-state index contributed by atoms with van der Waals surface area (Å²) in [7, 11) is 2.88. The minimum atomic E-state index is -0.430. The topological polar surface area (TPSA) is 61.5 Å². The van der Waals surface area contributed by atoms with Gasteiger partial charge in [0.25, 0.3) is 0 Å². The molecule has 0 aromatic heterocycles. The van der Waals surface area contributed by atoms with Crippen LogP contribution in [0.25, 0.3) is 0 Å². The van der Waals surface area contributed by atoms with Crippen molar-refractivity contribution in [2.24, 2.45) is 0 Å². The van der Waals surface area contributed by atoms with Crippen molar-refractivity contribution in [3.63, 3.8) is 0 Å². The normalized spacial score (nSPS) is 9.35. The number of benzene rings is 1. The van der Waals surface area contributed by atoms with Crippen LogP contribution in [0.3, 0.4) is 0 Å². The lowest BCUT2D eigenvalue weighted by atomic mass is 10.1. The summed E-state index contributed by atoms with van der Waals surface area (Å²) in [5.74, 6) is 5.18. The molecule has 4 nitrogen and oxygen atoms in total. The highest BCUT2D eigenvalue weighted by Gasteiger charge is 2.10. The van der Waals surface area contributed by atoms with Gasteiger partial charge >= 0.3 is 5.97 Å². The van der Waals surface area contributed by atoms with Crippen LogP contribution >= 0.6 is 15.9 Å². The second-order valence-corrected chi connectivity index (χ2v) is 4.00. The second-order valence-electron chi connectivity index (χ2n) is 3.15. The van der Waals surface area contributed by atoms with Gasteiger partial charge < -0.3 is 15.2 Å². The number of carbonyl (C=O) groups excluding carboxylic acids is 1. The maximum absolute atomic E-state index is 11.4. The van der Waals surface area contributed by atoms with Gasteiger partial charge in [-0.2, -0.15) is 0 Å². The number of ether oxygens (including phenoxy) is 2. The molecule has 0 aliphatic heterocycles. The SMILES string of the molecule is COCC#Cc1cc(C(=O)OC)cc(Br)c1N. The van der Waals surface area contributed by atoms with Gasteiger partial charge in [-0.3, -0.25) is 0 Å². The van der Waals surface area contributed by atoms with E-state index in [1.807, 2.05) is 0 Å². The van der Waals surface area contributed by atoms with E-state index in [9.17, 15) is 4.79 Å². The van der Waals surface area contributed by atoms with Crippen molar-refractivity contribution >= 4 is 27.6 Å². The Kier molecular flexibility index (Phi) is 5.01. The molecule has 0 bridgehead atoms. The number of rotatable bonds is 2. The molecule has 0 aliphatic rings. The van der Waals surface area contributed by atoms with E-state index in [1.54, 1.807) is 19.2 Å². The van der Waals surface area contributed by atoms with E-state index >= 15 is 0 Å². The number of methoxy groups -OCH3 is 2. The number of anilines is 1. The van der Waals surface area contributed by atoms with E-state index in [4.69, 9.17) is 10.5 Å². The number of nitrogens with two attached hydrogens (primary N) is 1. The number of halogens is 1. The zero-order valence-corrected chi connectivity index (χ0v) is 11.1. The van der Waals surface area contributed by atoms with Gasteiger partial charge in [-0.25, -0.2) is 4.79 Å². The molecule has 0 fully saturated rings. The monoisotopic (exact) mass is 297 g/mol. The van der Waals surface area contributed by atoms with Gasteiger partial charge in [0.15, 0.2) is 0 Å². The zero-order valence-electron chi connectivity index (χ0n) is 9.54. The highest BCUT2D eigenvalue weighted by Crippen LogP contribution is 2.25. The van der Waals surface area contributed by atoms with E-state index in [0.717, 1.165) is 0 Å². The molecule has 17 heavy (non-hydrogen) atoms. The summed E-state index contributed by atoms with van der Waals surface area (Å²) in [6, 6.07) is 3.19. The highest BCUT2D eigenvalue weighted by molar-refractivity contribution is 9.10. The Bertz CT molecular complexity index is 489. The molecule has 1 aromatic rings. The fraction of sp³-hybridized carbons (Fsp3) is 0.250. The van der Waals surface area contributed by atoms with Crippen molar-refractivity contribution in [2.75, 3.05) is 26.6 Å². The third-order valence-electron chi connectivity index (χ3n) is 1.99. The minimum Gasteiger partial charge on any atom is -0.465 e. The average molecular weight is 298 g/mol. The molecule has 0 saturated heterocycles. The molecule has 0 atom stereocenters. The van der Waals surface area contributed by atoms with Gasteiger partial charge in [0.2, 0.25) is 0 Å². The number of nitrogen functional groups attached to an aromatic ring is 1. The van der Waals surface area contributed by atoms with Gasteiger partial charge in [0, 0.05) is 17.1 Å². The zero-order chi connectivity index (χ0) is 12.8. The molecule has 0 heterocycles. The first-order chi connectivity index (χ1) is 8.10. The van der Waals surface area contributed by atoms with Crippen LogP contribution in [0.5, 0.6) is 0 Å². The first kappa shape index (κ1) is 13.6. The molecule has 1 rings (SSSR count). The van der Waals surface area contributed by atoms with E-state index in [1.165, 1.54) is 7.11 Å². The molecule has 5 heteroatoms. The second kappa shape index (κ2) is 6.28. The van der Waals surface area contributed by atoms with Crippen molar-refractivity contribution in [1.82, 2.24) is 0 Å². The van der Waals surface area contributed by atoms with Crippen molar-refractivity contribution in [1.29, 1.82) is 0 Å². The summed E-state index contributed by atoms with van der Waals surface area (Å²) in [5.41, 5.74) is 7.29. The number of hydrogen-bond donors (Lipinski definition) is 1. The van der Waals surface area contributed by atoms with Crippen molar-refractivity contribution < 1.29 is 14.3 Å². The van der Waals surface area contributed by atoms with Crippen LogP contribution in [0.1, 0.15) is 15.9 Å². The largest absolute Gasteiger partial charge is 0.465 e. The molecule has 2 N–H and O–H groups in total. The van der Waals surface area contributed by atoms with Crippen LogP contribution in [0.4, 0.5) is 5.69 Å². The van der Waals surface area contributed by atoms with Gasteiger partial charge in [-0.1, -0.05) is 11.8 Å². The van der Waals surface area contributed by atoms with Crippen LogP contribution < -0.4 is 5.73 Å². The van der Waals surface area contributed by atoms with Crippen molar-refractivity contribution in [3.8, 4) is 11.8 Å². The van der Waals surface area contributed by atoms with Gasteiger partial charge in [0.05, 0.1) is 18.4 Å². The quantitative estimate of drug-likeness (QED) is 0.514. The van der Waals surface area contributed by atoms with E-state index in [0.29, 0.717) is 27.9 Å². The highest BCUT2D eigenvalue weighted by atomic mass is 79.9. The summed E-state index contributed by atoms with van der Waals surface area (Å²) in [6.07, 6.45) is 0. The Morgan fingerprint density at radius 1 is 1.47 bits per heavy atom. The van der Waals surface area contributed by atoms with Gasteiger partial charge in [-0.05, 0) is 28.1 Å². The predicted octanol–water partition coefficient (Wildman–Crippen LogP) is 1.82. The summed E-state index contributed by atoms with van der Waals surface area (Å²) >= 11 is 3.27. The Morgan fingerprint density at radius 3 is 2.76 bits per heavy atom. The maximum Gasteiger partial charge on any atom is 0.337 e. The van der Waals surface area contributed by atoms with Gasteiger partial charge in [-0.15, -0.1) is 0 Å². The minimum absolute atomic E-state index is 0.305. The molecule has 90 valence electrons. The van der Waals surface area contributed by atoms with Crippen LogP contribution in [-0.2, 0) is 9.47 Å². The van der Waals surface area contributed by atoms with Crippen LogP contribution in [0, 0.1) is 11.8 Å². The number of carbonyl (C=O) groups is 1. The van der Waals surface area contributed by atoms with E-state index in [-0.39, 0.29) is 0 Å². The lowest BCUT2D eigenvalue weighted by molar-refractivity contribution is 0.0600. The average Bonchev–Trinajstić information content (AvgIpc) is 2.33. The molecular formula is C12H12BrNO3. The van der Waals surface area contributed by atoms with Gasteiger partial charge in [0.1, 0.15) is 6.61 Å². The molecule has 0 radical (unpaired) electrons. The summed E-state index contributed by atoms with van der Waals surface area (Å²) < 4.78 is 10.1. The first-order valence-corrected chi connectivity index (χ1v) is 5.54. The number of esters is 1. The van der Waals surface area contributed by atoms with Crippen molar-refractivity contribution in [2.45, 2.75) is 0 Å². The third kappa shape index (κ3) is 3.48. The molecule has 0 aliphatic carbocycles. The molecule has 0 unspecified atom stereocenters. The van der Waals surface area contributed by atoms with E-state index in [2.05, 4.69) is 32.5 Å². The standard InChI is InChI=1S/C12H12BrNO3/c1-16-5-3-4-8-6-9(12(15)17-2)7-10(13)11(8)14/h6-7H,5,14H2,1-2H3. The molecule has 0 amide bonds. The van der Waals surface area contributed by atoms with Crippen LogP contribution in [-0.4, -0.2) is 26.8 Å². The Morgan fingerprint density at radius 2 is 2.18 bits per heavy atom. The molecule has 0 spiro atoms. The maximum atomic E-state index is 11.4. The van der Waals surface area contributed by atoms with Crippen LogP contribution in [0.2, 0.25) is 0 Å². The van der Waals surface area contributed by atoms with E-state index < -0.39 is 5.97 Å². The smallest absolute Gasteiger partial charge is 0.337 e. The Labute approximate surface area is 108 Å². The summed E-state index contributed by atoms with van der Waals surface area (Å²) in [5, 5.41) is 0. The Balaban J connectivity index is 3.17. The molecular weight excluding hydrogens is 286 g/mol. The molecule has 1 aromatic carbocycles. The number of hydrogen-bond acceptors (Lipinski definition) is 4. The lowest BCUT2D eigenvalue weighted by Gasteiger charge is -2.05. The fourth-order valence-electron chi connectivity index (χ4n) is 1.16. The Hall–Kier alpha value is -1.51.